The van der Waals surface area contributed by atoms with E-state index in [2.05, 4.69) is 26.1 Å². The van der Waals surface area contributed by atoms with E-state index >= 15 is 0 Å². The zero-order chi connectivity index (χ0) is 9.95. The maximum Gasteiger partial charge on any atom is 0.166 e. The lowest BCUT2D eigenvalue weighted by Crippen LogP contribution is -2.32. The van der Waals surface area contributed by atoms with Gasteiger partial charge in [0, 0.05) is 16.3 Å². The first-order chi connectivity index (χ1) is 6.02. The van der Waals surface area contributed by atoms with Gasteiger partial charge in [-0.1, -0.05) is 16.7 Å². The molecular weight excluding hydrogens is 186 g/mol. The van der Waals surface area contributed by atoms with E-state index in [1.165, 1.54) is 19.3 Å². The summed E-state index contributed by atoms with van der Waals surface area (Å²) < 4.78 is 5.27. The zero-order valence-corrected chi connectivity index (χ0v) is 9.52. The Morgan fingerprint density at radius 1 is 1.15 bits per heavy atom. The highest BCUT2D eigenvalue weighted by molar-refractivity contribution is 8.30. The second-order valence-corrected chi connectivity index (χ2v) is 8.36. The maximum absolute atomic E-state index is 10.3. The molecule has 1 rings (SSSR count). The Bertz CT molecular complexity index is 183. The van der Waals surface area contributed by atoms with Gasteiger partial charge in [0.1, 0.15) is 0 Å². The van der Waals surface area contributed by atoms with Crippen LogP contribution in [0.15, 0.2) is 5.34 Å². The molecule has 0 aliphatic carbocycles. The van der Waals surface area contributed by atoms with Crippen LogP contribution in [0.25, 0.3) is 0 Å². The first kappa shape index (κ1) is 10.8. The third kappa shape index (κ3) is 2.16. The van der Waals surface area contributed by atoms with E-state index in [9.17, 15) is 4.91 Å². The lowest BCUT2D eigenvalue weighted by molar-refractivity contribution is 0.358. The molecule has 0 bridgehead atoms. The topological polar surface area (TPSA) is 38.7 Å². The van der Waals surface area contributed by atoms with Crippen molar-refractivity contribution in [1.29, 1.82) is 0 Å². The molecule has 0 aromatic heterocycles. The summed E-state index contributed by atoms with van der Waals surface area (Å²) in [6, 6.07) is 0. The third-order valence-electron chi connectivity index (χ3n) is 2.74. The molecule has 1 aliphatic heterocycles. The lowest BCUT2D eigenvalue weighted by atomic mass is 10.2. The second-order valence-electron chi connectivity index (χ2n) is 4.54. The minimum Gasteiger partial charge on any atom is -0.311 e. The average molecular weight is 205 g/mol. The Morgan fingerprint density at radius 2 is 1.69 bits per heavy atom. The molecule has 0 aromatic carbocycles. The van der Waals surface area contributed by atoms with Crippen molar-refractivity contribution in [3.63, 3.8) is 0 Å². The summed E-state index contributed by atoms with van der Waals surface area (Å²) in [6.45, 7) is 6.45. The van der Waals surface area contributed by atoms with Gasteiger partial charge in [-0.2, -0.15) is 0 Å². The maximum atomic E-state index is 10.3. The highest BCUT2D eigenvalue weighted by atomic mass is 32.3. The summed E-state index contributed by atoms with van der Waals surface area (Å²) in [5, 5.41) is 2.69. The van der Waals surface area contributed by atoms with Gasteiger partial charge in [-0.25, -0.2) is 0 Å². The summed E-state index contributed by atoms with van der Waals surface area (Å²) in [4.78, 5) is 10.3. The number of hydrogen-bond donors (Lipinski definition) is 0. The van der Waals surface area contributed by atoms with Crippen LogP contribution in [0.4, 0.5) is 0 Å². The van der Waals surface area contributed by atoms with Crippen LogP contribution in [0, 0.1) is 4.91 Å². The van der Waals surface area contributed by atoms with Gasteiger partial charge in [0.2, 0.25) is 0 Å². The van der Waals surface area contributed by atoms with Crippen molar-refractivity contribution in [3.05, 3.63) is 4.91 Å². The smallest absolute Gasteiger partial charge is 0.166 e. The molecule has 13 heavy (non-hydrogen) atoms. The van der Waals surface area contributed by atoms with Crippen molar-refractivity contribution in [2.24, 2.45) is 5.34 Å². The molecule has 0 amide bonds. The molecule has 0 saturated carbocycles. The molecule has 4 heteroatoms. The summed E-state index contributed by atoms with van der Waals surface area (Å²) in [5.41, 5.74) is 0. The Hall–Kier alpha value is -0.250. The van der Waals surface area contributed by atoms with Crippen molar-refractivity contribution >= 4 is 10.3 Å². The van der Waals surface area contributed by atoms with Crippen molar-refractivity contribution in [2.45, 2.75) is 44.8 Å². The average Bonchev–Trinajstić information content (AvgIpc) is 2.04. The fourth-order valence-electron chi connectivity index (χ4n) is 1.81. The first-order valence-corrected chi connectivity index (χ1v) is 6.71. The van der Waals surface area contributed by atoms with Crippen molar-refractivity contribution in [1.82, 2.24) is 0 Å². The molecule has 1 aliphatic rings. The van der Waals surface area contributed by atoms with Crippen LogP contribution >= 0.6 is 10.3 Å². The van der Waals surface area contributed by atoms with E-state index < -0.39 is 10.3 Å². The standard InChI is InChI=1S/C9H19NO2S/c1-9(2,3)13(12-10-11)7-5-4-6-8-13/h4-8H2,1-3H3. The Kier molecular flexibility index (Phi) is 3.22. The predicted molar refractivity (Wildman–Crippen MR) is 57.8 cm³/mol. The van der Waals surface area contributed by atoms with Crippen LogP contribution in [0.2, 0.25) is 0 Å². The van der Waals surface area contributed by atoms with Crippen LogP contribution in [0.3, 0.4) is 0 Å². The molecule has 1 fully saturated rings. The van der Waals surface area contributed by atoms with Crippen LogP contribution in [-0.2, 0) is 4.28 Å². The lowest BCUT2D eigenvalue weighted by Gasteiger charge is -2.48. The van der Waals surface area contributed by atoms with Gasteiger partial charge in [0.15, 0.2) is 5.34 Å². The second kappa shape index (κ2) is 3.86. The quantitative estimate of drug-likeness (QED) is 0.512. The summed E-state index contributed by atoms with van der Waals surface area (Å²) >= 11 is 0. The zero-order valence-electron chi connectivity index (χ0n) is 8.71. The number of rotatable bonds is 2. The highest BCUT2D eigenvalue weighted by Crippen LogP contribution is 2.62. The van der Waals surface area contributed by atoms with Gasteiger partial charge in [0.25, 0.3) is 0 Å². The molecule has 0 unspecified atom stereocenters. The fraction of sp³-hybridized carbons (Fsp3) is 1.00. The molecule has 0 N–H and O–H groups in total. The molecule has 0 radical (unpaired) electrons. The molecular formula is C9H19NO2S. The van der Waals surface area contributed by atoms with Crippen molar-refractivity contribution in [3.8, 4) is 0 Å². The fourth-order valence-corrected chi connectivity index (χ4v) is 5.07. The van der Waals surface area contributed by atoms with Gasteiger partial charge in [-0.15, -0.1) is 4.91 Å². The van der Waals surface area contributed by atoms with Crippen LogP contribution in [-0.4, -0.2) is 16.3 Å². The molecule has 3 nitrogen and oxygen atoms in total. The SMILES string of the molecule is CC(C)(C)S1(ON=O)CCCCC1. The molecule has 0 aromatic rings. The van der Waals surface area contributed by atoms with Gasteiger partial charge >= 0.3 is 0 Å². The van der Waals surface area contributed by atoms with Crippen LogP contribution in [0.1, 0.15) is 40.0 Å². The first-order valence-electron chi connectivity index (χ1n) is 4.81. The van der Waals surface area contributed by atoms with E-state index in [0.717, 1.165) is 11.5 Å². The minimum atomic E-state index is -1.24. The van der Waals surface area contributed by atoms with Crippen molar-refractivity contribution in [2.75, 3.05) is 11.5 Å². The van der Waals surface area contributed by atoms with Gasteiger partial charge in [-0.3, -0.25) is 0 Å². The normalized spacial score (nSPS) is 24.8. The van der Waals surface area contributed by atoms with Crippen LogP contribution < -0.4 is 0 Å². The van der Waals surface area contributed by atoms with Gasteiger partial charge in [-0.05, 0) is 33.6 Å². The van der Waals surface area contributed by atoms with Crippen LogP contribution in [0.5, 0.6) is 0 Å². The third-order valence-corrected chi connectivity index (χ3v) is 7.21. The van der Waals surface area contributed by atoms with Gasteiger partial charge in [0.05, 0.1) is 0 Å². The largest absolute Gasteiger partial charge is 0.311 e. The van der Waals surface area contributed by atoms with Crippen molar-refractivity contribution < 1.29 is 4.28 Å². The Balaban J connectivity index is 2.78. The predicted octanol–water partition coefficient (Wildman–Crippen LogP) is 3.39. The van der Waals surface area contributed by atoms with E-state index in [1.807, 2.05) is 0 Å². The highest BCUT2D eigenvalue weighted by Gasteiger charge is 2.40. The van der Waals surface area contributed by atoms with Gasteiger partial charge < -0.3 is 4.28 Å². The molecule has 0 atom stereocenters. The summed E-state index contributed by atoms with van der Waals surface area (Å²) in [7, 11) is -1.24. The number of hydrogen-bond acceptors (Lipinski definition) is 3. The monoisotopic (exact) mass is 205 g/mol. The number of nitrogens with zero attached hydrogens (tertiary/aromatic N) is 1. The molecule has 78 valence electrons. The molecule has 0 spiro atoms. The summed E-state index contributed by atoms with van der Waals surface area (Å²) in [5.74, 6) is 2.09. The summed E-state index contributed by atoms with van der Waals surface area (Å²) in [6.07, 6.45) is 3.64. The Labute approximate surface area is 81.7 Å². The minimum absolute atomic E-state index is 0.0847. The van der Waals surface area contributed by atoms with E-state index in [-0.39, 0.29) is 4.75 Å². The van der Waals surface area contributed by atoms with E-state index in [1.54, 1.807) is 0 Å². The van der Waals surface area contributed by atoms with E-state index in [4.69, 9.17) is 4.28 Å². The molecule has 1 heterocycles. The molecule has 1 saturated heterocycles. The Morgan fingerprint density at radius 3 is 2.08 bits per heavy atom. The van der Waals surface area contributed by atoms with E-state index in [0.29, 0.717) is 0 Å².